The summed E-state index contributed by atoms with van der Waals surface area (Å²) in [5, 5.41) is 5.76. The van der Waals surface area contributed by atoms with Crippen LogP contribution in [0.4, 0.5) is 5.69 Å². The molecule has 2 rings (SSSR count). The van der Waals surface area contributed by atoms with E-state index in [1.165, 1.54) is 0 Å². The minimum atomic E-state index is -0.211. The Morgan fingerprint density at radius 1 is 0.897 bits per heavy atom. The Morgan fingerprint density at radius 3 is 2.00 bits per heavy atom. The zero-order valence-electron chi connectivity index (χ0n) is 17.7. The summed E-state index contributed by atoms with van der Waals surface area (Å²) >= 11 is 0. The minimum Gasteiger partial charge on any atom is -0.491 e. The van der Waals surface area contributed by atoms with Crippen LogP contribution < -0.4 is 15.4 Å². The van der Waals surface area contributed by atoms with Crippen LogP contribution in [-0.2, 0) is 0 Å². The lowest BCUT2D eigenvalue weighted by Gasteiger charge is -2.18. The van der Waals surface area contributed by atoms with Crippen molar-refractivity contribution in [2.24, 2.45) is 0 Å². The molecule has 0 aliphatic heterocycles. The summed E-state index contributed by atoms with van der Waals surface area (Å²) in [7, 11) is 0. The van der Waals surface area contributed by atoms with Crippen LogP contribution in [0.1, 0.15) is 48.4 Å². The van der Waals surface area contributed by atoms with Gasteiger partial charge in [0.2, 0.25) is 0 Å². The highest BCUT2D eigenvalue weighted by molar-refractivity contribution is 6.04. The average Bonchev–Trinajstić information content (AvgIpc) is 2.71. The molecule has 6 nitrogen and oxygen atoms in total. The number of anilines is 1. The van der Waals surface area contributed by atoms with Crippen molar-refractivity contribution >= 4 is 17.5 Å². The first-order valence-corrected chi connectivity index (χ1v) is 10.1. The van der Waals surface area contributed by atoms with Gasteiger partial charge in [-0.05, 0) is 75.5 Å². The molecule has 0 atom stereocenters. The topological polar surface area (TPSA) is 70.7 Å². The maximum absolute atomic E-state index is 12.4. The SMILES string of the molecule is CCN(CC)CCNC(=O)c1ccc(NC(=O)c2ccc(OC(C)C)cc2)cc1. The molecule has 0 saturated carbocycles. The van der Waals surface area contributed by atoms with Crippen LogP contribution in [0, 0.1) is 0 Å². The lowest BCUT2D eigenvalue weighted by molar-refractivity contribution is 0.0948. The molecule has 0 fully saturated rings. The molecule has 156 valence electrons. The van der Waals surface area contributed by atoms with E-state index >= 15 is 0 Å². The van der Waals surface area contributed by atoms with Crippen LogP contribution >= 0.6 is 0 Å². The summed E-state index contributed by atoms with van der Waals surface area (Å²) in [6, 6.07) is 13.9. The van der Waals surface area contributed by atoms with Gasteiger partial charge in [0.15, 0.2) is 0 Å². The Morgan fingerprint density at radius 2 is 1.45 bits per heavy atom. The summed E-state index contributed by atoms with van der Waals surface area (Å²) in [5.74, 6) is 0.404. The number of rotatable bonds is 10. The van der Waals surface area contributed by atoms with E-state index in [0.717, 1.165) is 25.4 Å². The normalized spacial score (nSPS) is 10.8. The van der Waals surface area contributed by atoms with Crippen LogP contribution in [0.15, 0.2) is 48.5 Å². The average molecular weight is 398 g/mol. The molecular formula is C23H31N3O3. The standard InChI is InChI=1S/C23H31N3O3/c1-5-26(6-2)16-15-24-22(27)18-7-11-20(12-8-18)25-23(28)19-9-13-21(14-10-19)29-17(3)4/h7-14,17H,5-6,15-16H2,1-4H3,(H,24,27)(H,25,28). The van der Waals surface area contributed by atoms with E-state index in [1.54, 1.807) is 48.5 Å². The van der Waals surface area contributed by atoms with Gasteiger partial charge in [-0.25, -0.2) is 0 Å². The molecule has 0 aliphatic carbocycles. The number of hydrogen-bond acceptors (Lipinski definition) is 4. The van der Waals surface area contributed by atoms with Crippen LogP contribution in [0.2, 0.25) is 0 Å². The van der Waals surface area contributed by atoms with Crippen molar-refractivity contribution in [3.05, 3.63) is 59.7 Å². The molecule has 0 unspecified atom stereocenters. The second-order valence-electron chi connectivity index (χ2n) is 7.01. The minimum absolute atomic E-state index is 0.0858. The summed E-state index contributed by atoms with van der Waals surface area (Å²) in [6.07, 6.45) is 0.0858. The lowest BCUT2D eigenvalue weighted by atomic mass is 10.1. The molecule has 6 heteroatoms. The van der Waals surface area contributed by atoms with Crippen LogP contribution in [-0.4, -0.2) is 49.0 Å². The van der Waals surface area contributed by atoms with Gasteiger partial charge in [-0.2, -0.15) is 0 Å². The zero-order valence-corrected chi connectivity index (χ0v) is 17.7. The van der Waals surface area contributed by atoms with Crippen LogP contribution in [0.3, 0.4) is 0 Å². The summed E-state index contributed by atoms with van der Waals surface area (Å²) in [5.41, 5.74) is 1.74. The fourth-order valence-electron chi connectivity index (χ4n) is 2.83. The Balaban J connectivity index is 1.87. The van der Waals surface area contributed by atoms with Crippen molar-refractivity contribution in [2.75, 3.05) is 31.5 Å². The van der Waals surface area contributed by atoms with Crippen molar-refractivity contribution < 1.29 is 14.3 Å². The van der Waals surface area contributed by atoms with Gasteiger partial charge in [0.1, 0.15) is 5.75 Å². The number of hydrogen-bond donors (Lipinski definition) is 2. The van der Waals surface area contributed by atoms with Crippen LogP contribution in [0.25, 0.3) is 0 Å². The number of nitrogens with one attached hydrogen (secondary N) is 2. The molecule has 0 heterocycles. The highest BCUT2D eigenvalue weighted by atomic mass is 16.5. The molecule has 0 radical (unpaired) electrons. The number of ether oxygens (including phenoxy) is 1. The maximum Gasteiger partial charge on any atom is 0.255 e. The summed E-state index contributed by atoms with van der Waals surface area (Å²) in [4.78, 5) is 26.9. The maximum atomic E-state index is 12.4. The number of carbonyl (C=O) groups is 2. The van der Waals surface area contributed by atoms with E-state index in [-0.39, 0.29) is 17.9 Å². The van der Waals surface area contributed by atoms with E-state index in [9.17, 15) is 9.59 Å². The van der Waals surface area contributed by atoms with Gasteiger partial charge >= 0.3 is 0 Å². The fraction of sp³-hybridized carbons (Fsp3) is 0.391. The summed E-state index contributed by atoms with van der Waals surface area (Å²) in [6.45, 7) is 11.5. The molecule has 2 aromatic carbocycles. The first kappa shape index (κ1) is 22.4. The van der Waals surface area contributed by atoms with E-state index in [4.69, 9.17) is 4.74 Å². The molecule has 0 aliphatic rings. The van der Waals surface area contributed by atoms with E-state index in [2.05, 4.69) is 29.4 Å². The molecule has 2 aromatic rings. The molecule has 2 N–H and O–H groups in total. The quantitative estimate of drug-likeness (QED) is 0.640. The van der Waals surface area contributed by atoms with Crippen molar-refractivity contribution in [3.63, 3.8) is 0 Å². The second kappa shape index (κ2) is 11.2. The van der Waals surface area contributed by atoms with Crippen molar-refractivity contribution in [2.45, 2.75) is 33.8 Å². The molecule has 0 bridgehead atoms. The van der Waals surface area contributed by atoms with Crippen molar-refractivity contribution in [1.29, 1.82) is 0 Å². The predicted molar refractivity (Wildman–Crippen MR) is 117 cm³/mol. The lowest BCUT2D eigenvalue weighted by Crippen LogP contribution is -2.34. The third kappa shape index (κ3) is 7.23. The predicted octanol–water partition coefficient (Wildman–Crippen LogP) is 3.80. The van der Waals surface area contributed by atoms with E-state index in [1.807, 2.05) is 13.8 Å². The Bertz CT molecular complexity index is 782. The first-order chi connectivity index (χ1) is 13.9. The Hall–Kier alpha value is -2.86. The second-order valence-corrected chi connectivity index (χ2v) is 7.01. The van der Waals surface area contributed by atoms with Gasteiger partial charge in [0.25, 0.3) is 11.8 Å². The van der Waals surface area contributed by atoms with Gasteiger partial charge in [-0.3, -0.25) is 9.59 Å². The number of benzene rings is 2. The van der Waals surface area contributed by atoms with Gasteiger partial charge in [-0.1, -0.05) is 13.8 Å². The zero-order chi connectivity index (χ0) is 21.2. The smallest absolute Gasteiger partial charge is 0.255 e. The number of amides is 2. The molecular weight excluding hydrogens is 366 g/mol. The molecule has 29 heavy (non-hydrogen) atoms. The highest BCUT2D eigenvalue weighted by Crippen LogP contribution is 2.16. The monoisotopic (exact) mass is 397 g/mol. The third-order valence-electron chi connectivity index (χ3n) is 4.50. The summed E-state index contributed by atoms with van der Waals surface area (Å²) < 4.78 is 5.58. The van der Waals surface area contributed by atoms with Gasteiger partial charge in [0.05, 0.1) is 6.10 Å². The third-order valence-corrected chi connectivity index (χ3v) is 4.50. The molecule has 2 amide bonds. The molecule has 0 saturated heterocycles. The van der Waals surface area contributed by atoms with Gasteiger partial charge in [0, 0.05) is 29.9 Å². The Labute approximate surface area is 173 Å². The van der Waals surface area contributed by atoms with E-state index < -0.39 is 0 Å². The van der Waals surface area contributed by atoms with Gasteiger partial charge in [-0.15, -0.1) is 0 Å². The van der Waals surface area contributed by atoms with Crippen LogP contribution in [0.5, 0.6) is 5.75 Å². The molecule has 0 aromatic heterocycles. The van der Waals surface area contributed by atoms with E-state index in [0.29, 0.717) is 23.4 Å². The largest absolute Gasteiger partial charge is 0.491 e. The van der Waals surface area contributed by atoms with Crippen molar-refractivity contribution in [3.8, 4) is 5.75 Å². The highest BCUT2D eigenvalue weighted by Gasteiger charge is 2.09. The molecule has 0 spiro atoms. The van der Waals surface area contributed by atoms with Gasteiger partial charge < -0.3 is 20.3 Å². The Kier molecular flexibility index (Phi) is 8.68. The number of likely N-dealkylation sites (N-methyl/N-ethyl adjacent to an activating group) is 1. The van der Waals surface area contributed by atoms with Crippen molar-refractivity contribution in [1.82, 2.24) is 10.2 Å². The fourth-order valence-corrected chi connectivity index (χ4v) is 2.83. The number of nitrogens with zero attached hydrogens (tertiary/aromatic N) is 1. The first-order valence-electron chi connectivity index (χ1n) is 10.1. The number of carbonyl (C=O) groups excluding carboxylic acids is 2.